The molecule has 1 nitrogen and oxygen atoms in total. The summed E-state index contributed by atoms with van der Waals surface area (Å²) in [6, 6.07) is 41.4. The van der Waals surface area contributed by atoms with Gasteiger partial charge in [-0.2, -0.15) is 5.26 Å². The van der Waals surface area contributed by atoms with Crippen LogP contribution < -0.4 is 0 Å². The largest absolute Gasteiger partial charge is 0.192 e. The molecule has 1 fully saturated rings. The monoisotopic (exact) mass is 587 g/mol. The van der Waals surface area contributed by atoms with Crippen LogP contribution in [0, 0.1) is 35.0 Å². The fourth-order valence-corrected chi connectivity index (χ4v) is 8.69. The Morgan fingerprint density at radius 2 is 1.11 bits per heavy atom. The van der Waals surface area contributed by atoms with Crippen molar-refractivity contribution in [1.82, 2.24) is 0 Å². The average Bonchev–Trinajstić information content (AvgIpc) is 3.46. The number of allylic oxidation sites excluding steroid dienone is 14. The van der Waals surface area contributed by atoms with Crippen LogP contribution in [-0.2, 0) is 0 Å². The van der Waals surface area contributed by atoms with Gasteiger partial charge in [0.15, 0.2) is 0 Å². The molecule has 4 unspecified atom stereocenters. The summed E-state index contributed by atoms with van der Waals surface area (Å²) in [6.45, 7) is 0. The molecule has 0 bridgehead atoms. The third-order valence-electron chi connectivity index (χ3n) is 10.7. The summed E-state index contributed by atoms with van der Waals surface area (Å²) in [5, 5.41) is 9.20. The molecule has 0 amide bonds. The zero-order valence-electron chi connectivity index (χ0n) is 25.6. The first-order valence-corrected chi connectivity index (χ1v) is 16.5. The molecule has 1 saturated carbocycles. The van der Waals surface area contributed by atoms with E-state index in [1.165, 1.54) is 67.7 Å². The highest BCUT2D eigenvalue weighted by atomic mass is 14.5. The summed E-state index contributed by atoms with van der Waals surface area (Å²) in [7, 11) is 0. The van der Waals surface area contributed by atoms with Crippen LogP contribution in [0.2, 0.25) is 0 Å². The second-order valence-corrected chi connectivity index (χ2v) is 13.0. The Morgan fingerprint density at radius 1 is 0.522 bits per heavy atom. The van der Waals surface area contributed by atoms with Gasteiger partial charge in [0.05, 0.1) is 11.6 Å². The zero-order valence-corrected chi connectivity index (χ0v) is 25.6. The number of nitriles is 1. The summed E-state index contributed by atoms with van der Waals surface area (Å²) >= 11 is 0. The van der Waals surface area contributed by atoms with Gasteiger partial charge in [0.2, 0.25) is 0 Å². The number of benzene rings is 4. The summed E-state index contributed by atoms with van der Waals surface area (Å²) in [5.74, 6) is 1.39. The zero-order chi connectivity index (χ0) is 30.6. The van der Waals surface area contributed by atoms with Crippen LogP contribution in [-0.4, -0.2) is 0 Å². The van der Waals surface area contributed by atoms with Gasteiger partial charge in [-0.15, -0.1) is 0 Å². The van der Waals surface area contributed by atoms with Gasteiger partial charge < -0.3 is 0 Å². The lowest BCUT2D eigenvalue weighted by molar-refractivity contribution is 0.515. The molecule has 5 aliphatic rings. The van der Waals surface area contributed by atoms with E-state index < -0.39 is 0 Å². The van der Waals surface area contributed by atoms with Crippen LogP contribution in [0.4, 0.5) is 0 Å². The van der Waals surface area contributed by atoms with Crippen LogP contribution in [0.3, 0.4) is 0 Å². The predicted molar refractivity (Wildman–Crippen MR) is 189 cm³/mol. The first-order valence-electron chi connectivity index (χ1n) is 16.5. The molecule has 218 valence electrons. The second kappa shape index (κ2) is 10.9. The van der Waals surface area contributed by atoms with Gasteiger partial charge >= 0.3 is 0 Å². The molecule has 46 heavy (non-hydrogen) atoms. The van der Waals surface area contributed by atoms with E-state index in [1.807, 2.05) is 24.3 Å². The first-order chi connectivity index (χ1) is 22.8. The highest BCUT2D eigenvalue weighted by Gasteiger charge is 2.49. The van der Waals surface area contributed by atoms with Gasteiger partial charge in [0.25, 0.3) is 0 Å². The lowest BCUT2D eigenvalue weighted by Crippen LogP contribution is -2.25. The van der Waals surface area contributed by atoms with Crippen LogP contribution in [0.15, 0.2) is 174 Å². The van der Waals surface area contributed by atoms with E-state index in [-0.39, 0.29) is 5.92 Å². The fraction of sp³-hybridized carbons (Fsp3) is 0.133. The van der Waals surface area contributed by atoms with Crippen molar-refractivity contribution in [3.8, 4) is 17.2 Å². The first kappa shape index (κ1) is 26.9. The summed E-state index contributed by atoms with van der Waals surface area (Å²) in [5.41, 5.74) is 17.3. The molecule has 1 heteroatoms. The number of nitrogens with zero attached hydrogens (tertiary/aromatic N) is 1. The molecule has 5 aliphatic carbocycles. The minimum atomic E-state index is 0.276. The SMILES string of the molecule is N#Cc1ccc(-c2ccc(C3=CC=C4C5=C(c6ccccc6)C6CCC=CC6C(c6ccccc6)=C5C5=CC=CC3C54)cc2)cc1. The van der Waals surface area contributed by atoms with Crippen molar-refractivity contribution >= 4 is 16.7 Å². The normalized spacial score (nSPS) is 23.9. The van der Waals surface area contributed by atoms with Crippen molar-refractivity contribution in [2.45, 2.75) is 12.8 Å². The number of fused-ring (bicyclic) bond motifs is 4. The maximum Gasteiger partial charge on any atom is 0.0991 e. The Balaban J connectivity index is 1.22. The van der Waals surface area contributed by atoms with Crippen LogP contribution in [0.5, 0.6) is 0 Å². The maximum absolute atomic E-state index is 9.20. The van der Waals surface area contributed by atoms with Gasteiger partial charge in [-0.1, -0.05) is 140 Å². The second-order valence-electron chi connectivity index (χ2n) is 13.0. The molecular formula is C45H33N. The smallest absolute Gasteiger partial charge is 0.0991 e. The maximum atomic E-state index is 9.20. The Labute approximate surface area is 271 Å². The Morgan fingerprint density at radius 3 is 1.80 bits per heavy atom. The van der Waals surface area contributed by atoms with Crippen molar-refractivity contribution in [1.29, 1.82) is 5.26 Å². The molecule has 4 atom stereocenters. The lowest BCUT2D eigenvalue weighted by Gasteiger charge is -2.39. The molecule has 4 aromatic carbocycles. The molecule has 4 aromatic rings. The molecule has 0 spiro atoms. The quantitative estimate of drug-likeness (QED) is 0.218. The van der Waals surface area contributed by atoms with E-state index >= 15 is 0 Å². The standard InChI is InChI=1S/C45H33N/c46-28-29-18-20-30(21-19-29)31-22-24-32(25-23-31)35-26-27-40-43-36(35)16-9-17-39(43)44-41(33-10-3-1-4-11-33)37-14-7-8-15-38(37)42(45(40)44)34-12-5-2-6-13-34/h1-7,9-14,16-27,36-38,43H,8,15H2. The molecular weight excluding hydrogens is 555 g/mol. The molecule has 0 saturated heterocycles. The van der Waals surface area contributed by atoms with E-state index in [0.29, 0.717) is 23.3 Å². The van der Waals surface area contributed by atoms with Crippen LogP contribution >= 0.6 is 0 Å². The molecule has 0 radical (unpaired) electrons. The van der Waals surface area contributed by atoms with E-state index in [9.17, 15) is 5.26 Å². The molecule has 0 aliphatic heterocycles. The molecule has 9 rings (SSSR count). The summed E-state index contributed by atoms with van der Waals surface area (Å²) in [4.78, 5) is 0. The highest BCUT2D eigenvalue weighted by molar-refractivity contribution is 5.98. The van der Waals surface area contributed by atoms with Gasteiger partial charge in [-0.05, 0) is 97.7 Å². The van der Waals surface area contributed by atoms with E-state index in [1.54, 1.807) is 0 Å². The Bertz CT molecular complexity index is 2120. The number of rotatable bonds is 4. The Kier molecular flexibility index (Phi) is 6.36. The van der Waals surface area contributed by atoms with Crippen LogP contribution in [0.1, 0.15) is 35.1 Å². The van der Waals surface area contributed by atoms with Crippen molar-refractivity contribution in [2.24, 2.45) is 23.7 Å². The predicted octanol–water partition coefficient (Wildman–Crippen LogP) is 10.8. The molecule has 0 heterocycles. The van der Waals surface area contributed by atoms with Gasteiger partial charge in [0, 0.05) is 17.8 Å². The average molecular weight is 588 g/mol. The van der Waals surface area contributed by atoms with Crippen molar-refractivity contribution in [3.63, 3.8) is 0 Å². The molecule has 0 aromatic heterocycles. The third-order valence-corrected chi connectivity index (χ3v) is 10.7. The summed E-state index contributed by atoms with van der Waals surface area (Å²) in [6.07, 6.45) is 19.2. The Hall–Kier alpha value is -5.45. The topological polar surface area (TPSA) is 23.8 Å². The van der Waals surface area contributed by atoms with Crippen LogP contribution in [0.25, 0.3) is 27.8 Å². The van der Waals surface area contributed by atoms with Crippen molar-refractivity contribution in [3.05, 3.63) is 196 Å². The van der Waals surface area contributed by atoms with Crippen molar-refractivity contribution < 1.29 is 0 Å². The number of hydrogen-bond acceptors (Lipinski definition) is 1. The van der Waals surface area contributed by atoms with E-state index in [2.05, 4.69) is 134 Å². The number of hydrogen-bond donors (Lipinski definition) is 0. The van der Waals surface area contributed by atoms with E-state index in [0.717, 1.165) is 12.0 Å². The van der Waals surface area contributed by atoms with Gasteiger partial charge in [0.1, 0.15) is 0 Å². The van der Waals surface area contributed by atoms with Gasteiger partial charge in [-0.3, -0.25) is 0 Å². The minimum Gasteiger partial charge on any atom is -0.192 e. The van der Waals surface area contributed by atoms with E-state index in [4.69, 9.17) is 0 Å². The third kappa shape index (κ3) is 4.14. The molecule has 0 N–H and O–H groups in total. The highest BCUT2D eigenvalue weighted by Crippen LogP contribution is 2.63. The van der Waals surface area contributed by atoms with Crippen molar-refractivity contribution in [2.75, 3.05) is 0 Å². The lowest BCUT2D eigenvalue weighted by atomic mass is 9.64. The fourth-order valence-electron chi connectivity index (χ4n) is 8.69. The summed E-state index contributed by atoms with van der Waals surface area (Å²) < 4.78 is 0. The van der Waals surface area contributed by atoms with Gasteiger partial charge in [-0.25, -0.2) is 0 Å². The minimum absolute atomic E-state index is 0.276.